The standard InChI is InChI=1S/C15H28N2O2/c1-2-3-4-14-11-13(7-10-17(14)15(18)19)12-5-8-16-9-6-12/h12-14,16H,2-11H2,1H3,(H,18,19). The largest absolute Gasteiger partial charge is 0.465 e. The molecule has 110 valence electrons. The van der Waals surface area contributed by atoms with E-state index in [0.29, 0.717) is 0 Å². The van der Waals surface area contributed by atoms with Gasteiger partial charge in [0.2, 0.25) is 0 Å². The number of nitrogens with zero attached hydrogens (tertiary/aromatic N) is 1. The van der Waals surface area contributed by atoms with Crippen molar-refractivity contribution in [1.82, 2.24) is 10.2 Å². The van der Waals surface area contributed by atoms with E-state index in [9.17, 15) is 9.90 Å². The summed E-state index contributed by atoms with van der Waals surface area (Å²) in [6, 6.07) is 0.270. The molecule has 1 amide bonds. The lowest BCUT2D eigenvalue weighted by Gasteiger charge is -2.42. The van der Waals surface area contributed by atoms with Crippen LogP contribution in [0.5, 0.6) is 0 Å². The maximum absolute atomic E-state index is 11.3. The topological polar surface area (TPSA) is 52.6 Å². The van der Waals surface area contributed by atoms with Gasteiger partial charge < -0.3 is 15.3 Å². The molecule has 2 N–H and O–H groups in total. The molecule has 0 saturated carbocycles. The van der Waals surface area contributed by atoms with E-state index < -0.39 is 6.09 Å². The first kappa shape index (κ1) is 14.6. The van der Waals surface area contributed by atoms with Gasteiger partial charge in [-0.25, -0.2) is 4.79 Å². The molecule has 0 aromatic rings. The van der Waals surface area contributed by atoms with E-state index in [1.807, 2.05) is 0 Å². The molecule has 2 aliphatic rings. The molecule has 0 radical (unpaired) electrons. The Morgan fingerprint density at radius 2 is 2.00 bits per heavy atom. The quantitative estimate of drug-likeness (QED) is 0.824. The predicted molar refractivity (Wildman–Crippen MR) is 76.4 cm³/mol. The number of carboxylic acid groups (broad SMARTS) is 1. The van der Waals surface area contributed by atoms with Gasteiger partial charge in [0, 0.05) is 12.6 Å². The number of nitrogens with one attached hydrogen (secondary N) is 1. The number of hydrogen-bond donors (Lipinski definition) is 2. The summed E-state index contributed by atoms with van der Waals surface area (Å²) >= 11 is 0. The van der Waals surface area contributed by atoms with Crippen LogP contribution in [0.1, 0.15) is 51.9 Å². The van der Waals surface area contributed by atoms with Crippen molar-refractivity contribution in [3.8, 4) is 0 Å². The van der Waals surface area contributed by atoms with Crippen molar-refractivity contribution >= 4 is 6.09 Å². The number of hydrogen-bond acceptors (Lipinski definition) is 2. The maximum atomic E-state index is 11.3. The fourth-order valence-corrected chi connectivity index (χ4v) is 3.79. The highest BCUT2D eigenvalue weighted by molar-refractivity contribution is 5.65. The van der Waals surface area contributed by atoms with Gasteiger partial charge in [0.1, 0.15) is 0 Å². The summed E-state index contributed by atoms with van der Waals surface area (Å²) in [5.41, 5.74) is 0. The second-order valence-corrected chi connectivity index (χ2v) is 6.14. The second kappa shape index (κ2) is 7.13. The Balaban J connectivity index is 1.92. The van der Waals surface area contributed by atoms with E-state index in [1.54, 1.807) is 4.90 Å². The highest BCUT2D eigenvalue weighted by Crippen LogP contribution is 2.35. The third-order valence-electron chi connectivity index (χ3n) is 4.94. The molecule has 2 rings (SSSR count). The lowest BCUT2D eigenvalue weighted by molar-refractivity contribution is 0.0649. The van der Waals surface area contributed by atoms with Crippen LogP contribution in [0, 0.1) is 11.8 Å². The van der Waals surface area contributed by atoms with Gasteiger partial charge in [-0.15, -0.1) is 0 Å². The smallest absolute Gasteiger partial charge is 0.407 e. The average Bonchev–Trinajstić information content (AvgIpc) is 2.45. The van der Waals surface area contributed by atoms with Crippen molar-refractivity contribution in [2.45, 2.75) is 57.9 Å². The summed E-state index contributed by atoms with van der Waals surface area (Å²) < 4.78 is 0. The molecule has 0 aliphatic carbocycles. The molecule has 2 fully saturated rings. The minimum atomic E-state index is -0.718. The zero-order valence-corrected chi connectivity index (χ0v) is 12.1. The first-order chi connectivity index (χ1) is 9.22. The minimum Gasteiger partial charge on any atom is -0.465 e. The molecule has 0 aromatic carbocycles. The third kappa shape index (κ3) is 3.85. The Morgan fingerprint density at radius 1 is 1.26 bits per heavy atom. The summed E-state index contributed by atoms with van der Waals surface area (Å²) in [5, 5.41) is 12.7. The number of amides is 1. The molecular formula is C15H28N2O2. The molecule has 0 aromatic heterocycles. The van der Waals surface area contributed by atoms with E-state index in [2.05, 4.69) is 12.2 Å². The number of likely N-dealkylation sites (tertiary alicyclic amines) is 1. The SMILES string of the molecule is CCCCC1CC(C2CCNCC2)CCN1C(=O)O. The van der Waals surface area contributed by atoms with Crippen LogP contribution in [0.4, 0.5) is 4.79 Å². The van der Waals surface area contributed by atoms with Crippen molar-refractivity contribution in [2.24, 2.45) is 11.8 Å². The van der Waals surface area contributed by atoms with E-state index in [-0.39, 0.29) is 6.04 Å². The van der Waals surface area contributed by atoms with E-state index >= 15 is 0 Å². The van der Waals surface area contributed by atoms with Gasteiger partial charge >= 0.3 is 6.09 Å². The molecule has 4 nitrogen and oxygen atoms in total. The molecular weight excluding hydrogens is 240 g/mol. The molecule has 2 atom stereocenters. The lowest BCUT2D eigenvalue weighted by Crippen LogP contribution is -2.47. The van der Waals surface area contributed by atoms with E-state index in [0.717, 1.165) is 63.6 Å². The Morgan fingerprint density at radius 3 is 2.63 bits per heavy atom. The molecule has 0 spiro atoms. The Labute approximate surface area is 116 Å². The van der Waals surface area contributed by atoms with Crippen molar-refractivity contribution in [3.05, 3.63) is 0 Å². The van der Waals surface area contributed by atoms with Gasteiger partial charge in [-0.2, -0.15) is 0 Å². The monoisotopic (exact) mass is 268 g/mol. The maximum Gasteiger partial charge on any atom is 0.407 e. The fraction of sp³-hybridized carbons (Fsp3) is 0.933. The summed E-state index contributed by atoms with van der Waals surface area (Å²) in [5.74, 6) is 1.57. The number of piperidine rings is 2. The van der Waals surface area contributed by atoms with Crippen LogP contribution in [0.3, 0.4) is 0 Å². The van der Waals surface area contributed by atoms with Gasteiger partial charge in [0.15, 0.2) is 0 Å². The second-order valence-electron chi connectivity index (χ2n) is 6.14. The molecule has 2 heterocycles. The molecule has 19 heavy (non-hydrogen) atoms. The van der Waals surface area contributed by atoms with Crippen molar-refractivity contribution in [1.29, 1.82) is 0 Å². The van der Waals surface area contributed by atoms with Crippen LogP contribution >= 0.6 is 0 Å². The molecule has 0 bridgehead atoms. The predicted octanol–water partition coefficient (Wildman–Crippen LogP) is 2.93. The highest BCUT2D eigenvalue weighted by Gasteiger charge is 2.34. The number of carbonyl (C=O) groups is 1. The van der Waals surface area contributed by atoms with Gasteiger partial charge in [-0.1, -0.05) is 19.8 Å². The zero-order valence-electron chi connectivity index (χ0n) is 12.1. The normalized spacial score (nSPS) is 29.4. The molecule has 2 aliphatic heterocycles. The summed E-state index contributed by atoms with van der Waals surface area (Å²) in [6.07, 6.45) is 7.34. The minimum absolute atomic E-state index is 0.270. The van der Waals surface area contributed by atoms with Crippen LogP contribution in [-0.4, -0.2) is 41.8 Å². The first-order valence-electron chi connectivity index (χ1n) is 7.92. The Bertz CT molecular complexity index is 290. The summed E-state index contributed by atoms with van der Waals surface area (Å²) in [7, 11) is 0. The Kier molecular flexibility index (Phi) is 5.49. The molecule has 2 unspecified atom stereocenters. The highest BCUT2D eigenvalue weighted by atomic mass is 16.4. The lowest BCUT2D eigenvalue weighted by atomic mass is 9.76. The van der Waals surface area contributed by atoms with Crippen LogP contribution < -0.4 is 5.32 Å². The van der Waals surface area contributed by atoms with Gasteiger partial charge in [-0.3, -0.25) is 0 Å². The van der Waals surface area contributed by atoms with Crippen molar-refractivity contribution in [2.75, 3.05) is 19.6 Å². The first-order valence-corrected chi connectivity index (χ1v) is 7.92. The van der Waals surface area contributed by atoms with Gasteiger partial charge in [0.05, 0.1) is 0 Å². The third-order valence-corrected chi connectivity index (χ3v) is 4.94. The van der Waals surface area contributed by atoms with Crippen LogP contribution in [0.25, 0.3) is 0 Å². The van der Waals surface area contributed by atoms with Crippen LogP contribution in [0.2, 0.25) is 0 Å². The zero-order chi connectivity index (χ0) is 13.7. The van der Waals surface area contributed by atoms with Crippen LogP contribution in [0.15, 0.2) is 0 Å². The van der Waals surface area contributed by atoms with Crippen molar-refractivity contribution in [3.63, 3.8) is 0 Å². The van der Waals surface area contributed by atoms with E-state index in [1.165, 1.54) is 12.8 Å². The number of unbranched alkanes of at least 4 members (excludes halogenated alkanes) is 1. The van der Waals surface area contributed by atoms with Gasteiger partial charge in [-0.05, 0) is 57.0 Å². The van der Waals surface area contributed by atoms with E-state index in [4.69, 9.17) is 0 Å². The Hall–Kier alpha value is -0.770. The average molecular weight is 268 g/mol. The molecule has 4 heteroatoms. The van der Waals surface area contributed by atoms with Crippen molar-refractivity contribution < 1.29 is 9.90 Å². The summed E-state index contributed by atoms with van der Waals surface area (Å²) in [6.45, 7) is 5.21. The van der Waals surface area contributed by atoms with Gasteiger partial charge in [0.25, 0.3) is 0 Å². The van der Waals surface area contributed by atoms with Crippen LogP contribution in [-0.2, 0) is 0 Å². The molecule has 2 saturated heterocycles. The summed E-state index contributed by atoms with van der Waals surface area (Å²) in [4.78, 5) is 13.0. The fourth-order valence-electron chi connectivity index (χ4n) is 3.79. The number of rotatable bonds is 4.